The molecule has 2 amide bonds. The first-order valence-corrected chi connectivity index (χ1v) is 10.5. The van der Waals surface area contributed by atoms with Gasteiger partial charge in [-0.25, -0.2) is 9.59 Å². The van der Waals surface area contributed by atoms with Crippen LogP contribution in [-0.2, 0) is 9.47 Å². The number of anilines is 2. The Morgan fingerprint density at radius 1 is 0.727 bits per heavy atom. The molecule has 6 nitrogen and oxygen atoms in total. The maximum atomic E-state index is 12.1. The molecule has 0 aliphatic heterocycles. The van der Waals surface area contributed by atoms with E-state index in [0.29, 0.717) is 11.4 Å². The van der Waals surface area contributed by atoms with Gasteiger partial charge in [-0.1, -0.05) is 78.9 Å². The lowest BCUT2D eigenvalue weighted by Crippen LogP contribution is -2.16. The quantitative estimate of drug-likeness (QED) is 0.416. The third-order valence-corrected chi connectivity index (χ3v) is 4.56. The van der Waals surface area contributed by atoms with Crippen molar-refractivity contribution in [2.24, 2.45) is 0 Å². The van der Waals surface area contributed by atoms with Crippen molar-refractivity contribution in [2.75, 3.05) is 23.8 Å². The third kappa shape index (κ3) is 8.38. The molecule has 0 aliphatic carbocycles. The summed E-state index contributed by atoms with van der Waals surface area (Å²) in [6.45, 7) is 2.13. The highest BCUT2D eigenvalue weighted by Crippen LogP contribution is 2.20. The summed E-state index contributed by atoms with van der Waals surface area (Å²) in [6, 6.07) is 24.6. The average molecular weight is 443 g/mol. The van der Waals surface area contributed by atoms with Gasteiger partial charge in [0.25, 0.3) is 0 Å². The maximum absolute atomic E-state index is 12.1. The molecule has 0 heterocycles. The lowest BCUT2D eigenvalue weighted by atomic mass is 10.2. The molecule has 33 heavy (non-hydrogen) atoms. The SMILES string of the molecule is Cc1ccc(NC(=O)OCC=Cc2ccccc2)cc1NC(=O)OCC=Cc1ccccc1. The maximum Gasteiger partial charge on any atom is 0.411 e. The molecule has 0 saturated carbocycles. The number of carbonyl (C=O) groups excluding carboxylic acids is 2. The molecule has 0 saturated heterocycles. The predicted octanol–water partition coefficient (Wildman–Crippen LogP) is 6.52. The Bertz CT molecular complexity index is 1110. The molecule has 6 heteroatoms. The van der Waals surface area contributed by atoms with E-state index in [1.165, 1.54) is 0 Å². The van der Waals surface area contributed by atoms with Gasteiger partial charge < -0.3 is 9.47 Å². The highest BCUT2D eigenvalue weighted by Gasteiger charge is 2.08. The van der Waals surface area contributed by atoms with Crippen LogP contribution in [0.1, 0.15) is 16.7 Å². The number of nitrogens with one attached hydrogen (secondary N) is 2. The van der Waals surface area contributed by atoms with Crippen molar-refractivity contribution < 1.29 is 19.1 Å². The van der Waals surface area contributed by atoms with Gasteiger partial charge in [0, 0.05) is 11.4 Å². The van der Waals surface area contributed by atoms with Gasteiger partial charge in [0.05, 0.1) is 0 Å². The summed E-state index contributed by atoms with van der Waals surface area (Å²) in [4.78, 5) is 24.2. The van der Waals surface area contributed by atoms with E-state index in [1.54, 1.807) is 30.4 Å². The average Bonchev–Trinajstić information content (AvgIpc) is 2.83. The second kappa shape index (κ2) is 12.5. The van der Waals surface area contributed by atoms with Gasteiger partial charge in [-0.2, -0.15) is 0 Å². The van der Waals surface area contributed by atoms with Gasteiger partial charge in [-0.05, 0) is 47.9 Å². The molecule has 0 atom stereocenters. The third-order valence-electron chi connectivity index (χ3n) is 4.56. The Kier molecular flexibility index (Phi) is 8.85. The minimum Gasteiger partial charge on any atom is -0.445 e. The van der Waals surface area contributed by atoms with Crippen LogP contribution in [-0.4, -0.2) is 25.4 Å². The van der Waals surface area contributed by atoms with Crippen LogP contribution in [0.4, 0.5) is 21.0 Å². The highest BCUT2D eigenvalue weighted by atomic mass is 16.6. The van der Waals surface area contributed by atoms with E-state index >= 15 is 0 Å². The number of amides is 2. The molecule has 3 rings (SSSR count). The number of hydrogen-bond donors (Lipinski definition) is 2. The summed E-state index contributed by atoms with van der Waals surface area (Å²) in [5, 5.41) is 5.35. The summed E-state index contributed by atoms with van der Waals surface area (Å²) in [5.41, 5.74) is 3.92. The summed E-state index contributed by atoms with van der Waals surface area (Å²) >= 11 is 0. The van der Waals surface area contributed by atoms with E-state index in [1.807, 2.05) is 79.7 Å². The minimum atomic E-state index is -0.587. The zero-order valence-corrected chi connectivity index (χ0v) is 18.4. The topological polar surface area (TPSA) is 76.7 Å². The van der Waals surface area contributed by atoms with Gasteiger partial charge in [0.2, 0.25) is 0 Å². The second-order valence-electron chi connectivity index (χ2n) is 7.10. The van der Waals surface area contributed by atoms with Crippen molar-refractivity contribution in [1.29, 1.82) is 0 Å². The molecule has 3 aromatic rings. The number of ether oxygens (including phenoxy) is 2. The monoisotopic (exact) mass is 442 g/mol. The first-order valence-electron chi connectivity index (χ1n) is 10.5. The van der Waals surface area contributed by atoms with E-state index in [2.05, 4.69) is 10.6 Å². The number of carbonyl (C=O) groups is 2. The standard InChI is InChI=1S/C27H26N2O4/c1-21-16-17-24(28-26(30)32-18-8-14-22-10-4-2-5-11-22)20-25(21)29-27(31)33-19-9-15-23-12-6-3-7-13-23/h2-17,20H,18-19H2,1H3,(H,28,30)(H,29,31). The van der Waals surface area contributed by atoms with Crippen LogP contribution in [0.15, 0.2) is 91.0 Å². The molecule has 0 bridgehead atoms. The van der Waals surface area contributed by atoms with Crippen LogP contribution < -0.4 is 10.6 Å². The van der Waals surface area contributed by atoms with Gasteiger partial charge in [-0.15, -0.1) is 0 Å². The molecule has 0 spiro atoms. The van der Waals surface area contributed by atoms with Crippen LogP contribution in [0.5, 0.6) is 0 Å². The molecule has 0 unspecified atom stereocenters. The van der Waals surface area contributed by atoms with Crippen molar-refractivity contribution in [3.63, 3.8) is 0 Å². The molecular formula is C27H26N2O4. The first-order chi connectivity index (χ1) is 16.1. The van der Waals surface area contributed by atoms with Crippen LogP contribution in [0.2, 0.25) is 0 Å². The van der Waals surface area contributed by atoms with Crippen molar-refractivity contribution in [3.05, 3.63) is 108 Å². The number of hydrogen-bond acceptors (Lipinski definition) is 4. The van der Waals surface area contributed by atoms with Crippen LogP contribution in [0.25, 0.3) is 12.2 Å². The molecule has 0 aliphatic rings. The van der Waals surface area contributed by atoms with Crippen molar-refractivity contribution >= 4 is 35.7 Å². The second-order valence-corrected chi connectivity index (χ2v) is 7.10. The zero-order chi connectivity index (χ0) is 23.3. The Balaban J connectivity index is 1.45. The number of aryl methyl sites for hydroxylation is 1. The Hall–Kier alpha value is -4.32. The summed E-state index contributed by atoms with van der Waals surface area (Å²) in [6.07, 6.45) is 6.12. The molecule has 168 valence electrons. The normalized spacial score (nSPS) is 10.8. The number of benzene rings is 3. The van der Waals surface area contributed by atoms with E-state index in [9.17, 15) is 9.59 Å². The summed E-state index contributed by atoms with van der Waals surface area (Å²) in [5.74, 6) is 0. The zero-order valence-electron chi connectivity index (χ0n) is 18.4. The lowest BCUT2D eigenvalue weighted by Gasteiger charge is -2.11. The predicted molar refractivity (Wildman–Crippen MR) is 132 cm³/mol. The molecule has 0 aromatic heterocycles. The van der Waals surface area contributed by atoms with Gasteiger partial charge in [0.15, 0.2) is 0 Å². The fourth-order valence-electron chi connectivity index (χ4n) is 2.88. The highest BCUT2D eigenvalue weighted by molar-refractivity contribution is 5.89. The molecule has 0 fully saturated rings. The lowest BCUT2D eigenvalue weighted by molar-refractivity contribution is 0.173. The number of rotatable bonds is 8. The smallest absolute Gasteiger partial charge is 0.411 e. The van der Waals surface area contributed by atoms with E-state index < -0.39 is 12.2 Å². The molecular weight excluding hydrogens is 416 g/mol. The van der Waals surface area contributed by atoms with E-state index in [0.717, 1.165) is 16.7 Å². The fraction of sp³-hybridized carbons (Fsp3) is 0.111. The van der Waals surface area contributed by atoms with E-state index in [4.69, 9.17) is 9.47 Å². The Morgan fingerprint density at radius 2 is 1.24 bits per heavy atom. The van der Waals surface area contributed by atoms with Crippen LogP contribution >= 0.6 is 0 Å². The van der Waals surface area contributed by atoms with Gasteiger partial charge >= 0.3 is 12.2 Å². The Morgan fingerprint density at radius 3 is 1.79 bits per heavy atom. The molecule has 0 radical (unpaired) electrons. The van der Waals surface area contributed by atoms with Crippen molar-refractivity contribution in [2.45, 2.75) is 6.92 Å². The Labute approximate surface area is 193 Å². The summed E-state index contributed by atoms with van der Waals surface area (Å²) < 4.78 is 10.4. The van der Waals surface area contributed by atoms with Crippen LogP contribution in [0.3, 0.4) is 0 Å². The van der Waals surface area contributed by atoms with Crippen molar-refractivity contribution in [1.82, 2.24) is 0 Å². The van der Waals surface area contributed by atoms with Gasteiger partial charge in [0.1, 0.15) is 13.2 Å². The van der Waals surface area contributed by atoms with Gasteiger partial charge in [-0.3, -0.25) is 10.6 Å². The van der Waals surface area contributed by atoms with Crippen molar-refractivity contribution in [3.8, 4) is 0 Å². The van der Waals surface area contributed by atoms with Crippen LogP contribution in [0, 0.1) is 6.92 Å². The van der Waals surface area contributed by atoms with E-state index in [-0.39, 0.29) is 13.2 Å². The largest absolute Gasteiger partial charge is 0.445 e. The molecule has 2 N–H and O–H groups in total. The molecule has 3 aromatic carbocycles. The first kappa shape index (κ1) is 23.3. The summed E-state index contributed by atoms with van der Waals surface area (Å²) in [7, 11) is 0. The fourth-order valence-corrected chi connectivity index (χ4v) is 2.88. The minimum absolute atomic E-state index is 0.139.